The molecule has 0 radical (unpaired) electrons. The van der Waals surface area contributed by atoms with Crippen molar-refractivity contribution in [3.05, 3.63) is 63.7 Å². The Hall–Kier alpha value is -1.78. The van der Waals surface area contributed by atoms with Gasteiger partial charge in [0, 0.05) is 12.6 Å². The first-order valence-electron chi connectivity index (χ1n) is 5.90. The first-order valence-corrected chi connectivity index (χ1v) is 6.28. The number of nitro groups is 1. The van der Waals surface area contributed by atoms with E-state index in [1.807, 2.05) is 30.0 Å². The SMILES string of the molecule is CCN(c1ccccc1Cl)c1ccccc1[N+](=O)[O-].Cl. The number of benzene rings is 2. The second-order valence-electron chi connectivity index (χ2n) is 3.94. The van der Waals surface area contributed by atoms with Crippen LogP contribution in [0, 0.1) is 10.1 Å². The van der Waals surface area contributed by atoms with E-state index in [0.717, 1.165) is 5.69 Å². The quantitative estimate of drug-likeness (QED) is 0.600. The van der Waals surface area contributed by atoms with Crippen LogP contribution in [0.15, 0.2) is 48.5 Å². The molecule has 0 aliphatic rings. The van der Waals surface area contributed by atoms with Crippen molar-refractivity contribution in [1.82, 2.24) is 0 Å². The number of para-hydroxylation sites is 3. The number of anilines is 2. The van der Waals surface area contributed by atoms with Gasteiger partial charge in [-0.05, 0) is 25.1 Å². The number of nitrogens with zero attached hydrogens (tertiary/aromatic N) is 2. The maximum absolute atomic E-state index is 11.1. The molecule has 0 aliphatic carbocycles. The Morgan fingerprint density at radius 1 is 1.10 bits per heavy atom. The molecule has 6 heteroatoms. The molecule has 0 N–H and O–H groups in total. The number of halogens is 2. The molecule has 0 aromatic heterocycles. The highest BCUT2D eigenvalue weighted by atomic mass is 35.5. The minimum absolute atomic E-state index is 0. The molecule has 0 bridgehead atoms. The number of nitro benzene ring substituents is 1. The largest absolute Gasteiger partial charge is 0.335 e. The molecule has 0 saturated heterocycles. The van der Waals surface area contributed by atoms with Gasteiger partial charge >= 0.3 is 0 Å². The van der Waals surface area contributed by atoms with Gasteiger partial charge in [0.2, 0.25) is 0 Å². The average Bonchev–Trinajstić information content (AvgIpc) is 2.42. The fourth-order valence-corrected chi connectivity index (χ4v) is 2.23. The highest BCUT2D eigenvalue weighted by Crippen LogP contribution is 2.36. The number of hydrogen-bond donors (Lipinski definition) is 0. The van der Waals surface area contributed by atoms with Gasteiger partial charge in [-0.25, -0.2) is 0 Å². The summed E-state index contributed by atoms with van der Waals surface area (Å²) in [5.74, 6) is 0. The molecule has 0 atom stereocenters. The molecule has 2 rings (SSSR count). The molecule has 2 aromatic rings. The maximum Gasteiger partial charge on any atom is 0.292 e. The van der Waals surface area contributed by atoms with E-state index in [1.165, 1.54) is 6.07 Å². The predicted octanol–water partition coefficient (Wildman–Crippen LogP) is 4.83. The van der Waals surface area contributed by atoms with Gasteiger partial charge in [-0.1, -0.05) is 35.9 Å². The Morgan fingerprint density at radius 3 is 2.20 bits per heavy atom. The summed E-state index contributed by atoms with van der Waals surface area (Å²) < 4.78 is 0. The third-order valence-electron chi connectivity index (χ3n) is 2.83. The molecule has 0 fully saturated rings. The Morgan fingerprint density at radius 2 is 1.65 bits per heavy atom. The summed E-state index contributed by atoms with van der Waals surface area (Å²) in [5.41, 5.74) is 1.38. The molecule has 0 aliphatic heterocycles. The van der Waals surface area contributed by atoms with Crippen molar-refractivity contribution in [2.24, 2.45) is 0 Å². The topological polar surface area (TPSA) is 46.4 Å². The lowest BCUT2D eigenvalue weighted by Gasteiger charge is -2.23. The zero-order valence-corrected chi connectivity index (χ0v) is 12.4. The monoisotopic (exact) mass is 312 g/mol. The van der Waals surface area contributed by atoms with Crippen LogP contribution in [-0.4, -0.2) is 11.5 Å². The van der Waals surface area contributed by atoms with E-state index in [9.17, 15) is 10.1 Å². The first kappa shape index (κ1) is 16.3. The second-order valence-corrected chi connectivity index (χ2v) is 4.35. The minimum Gasteiger partial charge on any atom is -0.335 e. The van der Waals surface area contributed by atoms with Crippen molar-refractivity contribution >= 4 is 41.1 Å². The van der Waals surface area contributed by atoms with E-state index in [4.69, 9.17) is 11.6 Å². The first-order chi connectivity index (χ1) is 9.15. The van der Waals surface area contributed by atoms with Crippen LogP contribution in [-0.2, 0) is 0 Å². The van der Waals surface area contributed by atoms with Gasteiger partial charge in [0.25, 0.3) is 5.69 Å². The fourth-order valence-electron chi connectivity index (χ4n) is 1.99. The number of hydrogen-bond acceptors (Lipinski definition) is 3. The molecule has 0 unspecified atom stereocenters. The van der Waals surface area contributed by atoms with Gasteiger partial charge in [0.05, 0.1) is 15.6 Å². The van der Waals surface area contributed by atoms with Crippen LogP contribution >= 0.6 is 24.0 Å². The van der Waals surface area contributed by atoms with Gasteiger partial charge in [0.1, 0.15) is 5.69 Å². The summed E-state index contributed by atoms with van der Waals surface area (Å²) in [6.45, 7) is 2.52. The fraction of sp³-hybridized carbons (Fsp3) is 0.143. The van der Waals surface area contributed by atoms with E-state index in [0.29, 0.717) is 17.3 Å². The molecule has 20 heavy (non-hydrogen) atoms. The molecule has 0 heterocycles. The molecule has 0 amide bonds. The zero-order valence-electron chi connectivity index (χ0n) is 10.8. The van der Waals surface area contributed by atoms with Gasteiger partial charge in [0.15, 0.2) is 0 Å². The lowest BCUT2D eigenvalue weighted by atomic mass is 10.2. The van der Waals surface area contributed by atoms with Crippen LogP contribution in [0.4, 0.5) is 17.1 Å². The third kappa shape index (κ3) is 3.21. The Labute approximate surface area is 128 Å². The zero-order chi connectivity index (χ0) is 13.8. The van der Waals surface area contributed by atoms with Gasteiger partial charge < -0.3 is 4.90 Å². The van der Waals surface area contributed by atoms with Crippen LogP contribution in [0.3, 0.4) is 0 Å². The van der Waals surface area contributed by atoms with Crippen LogP contribution in [0.1, 0.15) is 6.92 Å². The van der Waals surface area contributed by atoms with Crippen LogP contribution in [0.25, 0.3) is 0 Å². The third-order valence-corrected chi connectivity index (χ3v) is 3.15. The molecular formula is C14H14Cl2N2O2. The Balaban J connectivity index is 0.00000200. The summed E-state index contributed by atoms with van der Waals surface area (Å²) in [4.78, 5) is 12.6. The van der Waals surface area contributed by atoms with Crippen LogP contribution < -0.4 is 4.90 Å². The van der Waals surface area contributed by atoms with Crippen molar-refractivity contribution in [2.45, 2.75) is 6.92 Å². The van der Waals surface area contributed by atoms with E-state index in [-0.39, 0.29) is 23.0 Å². The standard InChI is InChI=1S/C14H13ClN2O2.ClH/c1-2-16(12-8-4-3-7-11(12)15)13-9-5-6-10-14(13)17(18)19;/h3-10H,2H2,1H3;1H. The number of rotatable bonds is 4. The summed E-state index contributed by atoms with van der Waals surface area (Å²) in [6.07, 6.45) is 0. The average molecular weight is 313 g/mol. The van der Waals surface area contributed by atoms with Gasteiger partial charge in [-0.2, -0.15) is 0 Å². The van der Waals surface area contributed by atoms with Gasteiger partial charge in [-0.3, -0.25) is 10.1 Å². The molecule has 0 saturated carbocycles. The predicted molar refractivity (Wildman–Crippen MR) is 84.5 cm³/mol. The van der Waals surface area contributed by atoms with Crippen LogP contribution in [0.2, 0.25) is 5.02 Å². The summed E-state index contributed by atoms with van der Waals surface area (Å²) in [7, 11) is 0. The lowest BCUT2D eigenvalue weighted by Crippen LogP contribution is -2.17. The Bertz CT molecular complexity index is 605. The van der Waals surface area contributed by atoms with E-state index in [2.05, 4.69) is 0 Å². The summed E-state index contributed by atoms with van der Waals surface area (Å²) in [6, 6.07) is 14.0. The van der Waals surface area contributed by atoms with Crippen LogP contribution in [0.5, 0.6) is 0 Å². The van der Waals surface area contributed by atoms with Crippen molar-refractivity contribution < 1.29 is 4.92 Å². The summed E-state index contributed by atoms with van der Waals surface area (Å²) in [5, 5.41) is 11.7. The van der Waals surface area contributed by atoms with Crippen molar-refractivity contribution in [3.8, 4) is 0 Å². The molecule has 106 valence electrons. The van der Waals surface area contributed by atoms with Crippen molar-refractivity contribution in [1.29, 1.82) is 0 Å². The Kier molecular flexibility index (Phi) is 5.80. The second kappa shape index (κ2) is 7.12. The molecule has 0 spiro atoms. The van der Waals surface area contributed by atoms with E-state index < -0.39 is 0 Å². The molecule has 2 aromatic carbocycles. The highest BCUT2D eigenvalue weighted by molar-refractivity contribution is 6.33. The summed E-state index contributed by atoms with van der Waals surface area (Å²) >= 11 is 6.17. The van der Waals surface area contributed by atoms with Crippen molar-refractivity contribution in [3.63, 3.8) is 0 Å². The molecular weight excluding hydrogens is 299 g/mol. The minimum atomic E-state index is -0.380. The highest BCUT2D eigenvalue weighted by Gasteiger charge is 2.20. The molecule has 4 nitrogen and oxygen atoms in total. The lowest BCUT2D eigenvalue weighted by molar-refractivity contribution is -0.384. The normalized spacial score (nSPS) is 9.70. The smallest absolute Gasteiger partial charge is 0.292 e. The van der Waals surface area contributed by atoms with E-state index >= 15 is 0 Å². The van der Waals surface area contributed by atoms with E-state index in [1.54, 1.807) is 24.3 Å². The van der Waals surface area contributed by atoms with Crippen molar-refractivity contribution in [2.75, 3.05) is 11.4 Å². The maximum atomic E-state index is 11.1. The van der Waals surface area contributed by atoms with Gasteiger partial charge in [-0.15, -0.1) is 12.4 Å².